The van der Waals surface area contributed by atoms with Gasteiger partial charge in [0.15, 0.2) is 0 Å². The summed E-state index contributed by atoms with van der Waals surface area (Å²) in [7, 11) is 1.76. The lowest BCUT2D eigenvalue weighted by Gasteiger charge is -2.16. The molecule has 1 aromatic heterocycles. The lowest BCUT2D eigenvalue weighted by atomic mass is 10.00. The van der Waals surface area contributed by atoms with E-state index in [9.17, 15) is 8.78 Å². The number of nitrogens with zero attached hydrogens (tertiary/aromatic N) is 2. The third-order valence-corrected chi connectivity index (χ3v) is 3.83. The Hall–Kier alpha value is -1.50. The zero-order valence-electron chi connectivity index (χ0n) is 11.8. The number of benzene rings is 1. The normalized spacial score (nSPS) is 12.7. The molecule has 4 nitrogen and oxygen atoms in total. The van der Waals surface area contributed by atoms with E-state index >= 15 is 0 Å². The number of rotatable bonds is 5. The molecule has 3 N–H and O–H groups in total. The SMILES string of the molecule is Cc1nn(C)c(Cl)c1CC(Cc1cc(F)cc(F)c1)NN. The highest BCUT2D eigenvalue weighted by atomic mass is 35.5. The molecule has 0 amide bonds. The van der Waals surface area contributed by atoms with E-state index in [0.29, 0.717) is 23.6 Å². The summed E-state index contributed by atoms with van der Waals surface area (Å²) in [6.07, 6.45) is 0.906. The predicted octanol–water partition coefficient (Wildman–Crippen LogP) is 2.28. The molecule has 0 aliphatic rings. The molecule has 0 spiro atoms. The van der Waals surface area contributed by atoms with E-state index in [1.807, 2.05) is 6.92 Å². The lowest BCUT2D eigenvalue weighted by molar-refractivity contribution is 0.515. The topological polar surface area (TPSA) is 55.9 Å². The van der Waals surface area contributed by atoms with E-state index < -0.39 is 11.6 Å². The van der Waals surface area contributed by atoms with Crippen LogP contribution in [0.15, 0.2) is 18.2 Å². The minimum absolute atomic E-state index is 0.202. The Bertz CT molecular complexity index is 622. The van der Waals surface area contributed by atoms with Crippen molar-refractivity contribution >= 4 is 11.6 Å². The first-order chi connectivity index (χ1) is 9.90. The van der Waals surface area contributed by atoms with Crippen molar-refractivity contribution in [1.82, 2.24) is 15.2 Å². The highest BCUT2D eigenvalue weighted by Crippen LogP contribution is 2.21. The van der Waals surface area contributed by atoms with E-state index in [2.05, 4.69) is 10.5 Å². The van der Waals surface area contributed by atoms with Crippen molar-refractivity contribution in [2.45, 2.75) is 25.8 Å². The highest BCUT2D eigenvalue weighted by molar-refractivity contribution is 6.30. The van der Waals surface area contributed by atoms with Crippen LogP contribution in [0.3, 0.4) is 0 Å². The number of halogens is 3. The summed E-state index contributed by atoms with van der Waals surface area (Å²) in [6.45, 7) is 1.86. The van der Waals surface area contributed by atoms with Gasteiger partial charge >= 0.3 is 0 Å². The molecule has 114 valence electrons. The molecule has 1 atom stereocenters. The summed E-state index contributed by atoms with van der Waals surface area (Å²) >= 11 is 6.18. The van der Waals surface area contributed by atoms with Crippen LogP contribution in [0.25, 0.3) is 0 Å². The number of hydrogen-bond donors (Lipinski definition) is 2. The number of nitrogens with one attached hydrogen (secondary N) is 1. The van der Waals surface area contributed by atoms with E-state index in [1.165, 1.54) is 12.1 Å². The first kappa shape index (κ1) is 15.9. The van der Waals surface area contributed by atoms with Gasteiger partial charge in [-0.1, -0.05) is 11.6 Å². The van der Waals surface area contributed by atoms with Gasteiger partial charge in [0.2, 0.25) is 0 Å². The smallest absolute Gasteiger partial charge is 0.130 e. The van der Waals surface area contributed by atoms with Crippen LogP contribution in [0.4, 0.5) is 8.78 Å². The van der Waals surface area contributed by atoms with Crippen LogP contribution in [0.1, 0.15) is 16.8 Å². The van der Waals surface area contributed by atoms with Gasteiger partial charge in [-0.05, 0) is 37.5 Å². The molecule has 1 unspecified atom stereocenters. The van der Waals surface area contributed by atoms with Crippen LogP contribution in [-0.4, -0.2) is 15.8 Å². The monoisotopic (exact) mass is 314 g/mol. The van der Waals surface area contributed by atoms with Crippen molar-refractivity contribution in [3.63, 3.8) is 0 Å². The summed E-state index contributed by atoms with van der Waals surface area (Å²) in [5.41, 5.74) is 4.88. The molecule has 1 heterocycles. The number of aryl methyl sites for hydroxylation is 2. The molecule has 0 aliphatic carbocycles. The maximum absolute atomic E-state index is 13.2. The first-order valence-corrected chi connectivity index (χ1v) is 6.87. The van der Waals surface area contributed by atoms with Gasteiger partial charge in [-0.2, -0.15) is 5.10 Å². The van der Waals surface area contributed by atoms with Crippen molar-refractivity contribution in [3.8, 4) is 0 Å². The van der Waals surface area contributed by atoms with Gasteiger partial charge in [0.25, 0.3) is 0 Å². The molecule has 21 heavy (non-hydrogen) atoms. The summed E-state index contributed by atoms with van der Waals surface area (Å²) in [5, 5.41) is 4.77. The maximum atomic E-state index is 13.2. The maximum Gasteiger partial charge on any atom is 0.130 e. The van der Waals surface area contributed by atoms with Gasteiger partial charge in [0.1, 0.15) is 16.8 Å². The molecule has 7 heteroatoms. The molecule has 2 aromatic rings. The Kier molecular flexibility index (Phi) is 4.92. The summed E-state index contributed by atoms with van der Waals surface area (Å²) in [5.74, 6) is 4.34. The van der Waals surface area contributed by atoms with Gasteiger partial charge in [-0.15, -0.1) is 0 Å². The number of hydrazine groups is 1. The fourth-order valence-corrected chi connectivity index (χ4v) is 2.61. The summed E-state index contributed by atoms with van der Waals surface area (Å²) in [6, 6.07) is 3.24. The van der Waals surface area contributed by atoms with Crippen molar-refractivity contribution in [2.24, 2.45) is 12.9 Å². The Balaban J connectivity index is 2.16. The Morgan fingerprint density at radius 3 is 2.38 bits per heavy atom. The van der Waals surface area contributed by atoms with E-state index in [1.54, 1.807) is 11.7 Å². The number of hydrogen-bond acceptors (Lipinski definition) is 3. The number of nitrogens with two attached hydrogens (primary N) is 1. The van der Waals surface area contributed by atoms with Crippen molar-refractivity contribution in [3.05, 3.63) is 51.8 Å². The van der Waals surface area contributed by atoms with Crippen LogP contribution >= 0.6 is 11.6 Å². The summed E-state index contributed by atoms with van der Waals surface area (Å²) in [4.78, 5) is 0. The van der Waals surface area contributed by atoms with Crippen LogP contribution in [0, 0.1) is 18.6 Å². The summed E-state index contributed by atoms with van der Waals surface area (Å²) < 4.78 is 28.0. The molecule has 0 radical (unpaired) electrons. The Morgan fingerprint density at radius 2 is 1.90 bits per heavy atom. The second kappa shape index (κ2) is 6.51. The van der Waals surface area contributed by atoms with Gasteiger partial charge in [-0.3, -0.25) is 16.0 Å². The molecular weight excluding hydrogens is 298 g/mol. The zero-order chi connectivity index (χ0) is 15.6. The molecule has 0 saturated heterocycles. The minimum atomic E-state index is -0.601. The first-order valence-electron chi connectivity index (χ1n) is 6.49. The van der Waals surface area contributed by atoms with Crippen LogP contribution in [0.5, 0.6) is 0 Å². The average Bonchev–Trinajstić information content (AvgIpc) is 2.63. The predicted molar refractivity (Wildman–Crippen MR) is 77.8 cm³/mol. The van der Waals surface area contributed by atoms with Gasteiger partial charge in [0, 0.05) is 24.7 Å². The Morgan fingerprint density at radius 1 is 1.29 bits per heavy atom. The largest absolute Gasteiger partial charge is 0.271 e. The molecule has 0 fully saturated rings. The molecular formula is C14H17ClF2N4. The lowest BCUT2D eigenvalue weighted by Crippen LogP contribution is -2.38. The van der Waals surface area contributed by atoms with Gasteiger partial charge in [0.05, 0.1) is 5.69 Å². The van der Waals surface area contributed by atoms with Gasteiger partial charge in [-0.25, -0.2) is 8.78 Å². The van der Waals surface area contributed by atoms with Crippen molar-refractivity contribution < 1.29 is 8.78 Å². The van der Waals surface area contributed by atoms with E-state index in [0.717, 1.165) is 17.3 Å². The highest BCUT2D eigenvalue weighted by Gasteiger charge is 2.17. The van der Waals surface area contributed by atoms with Crippen molar-refractivity contribution in [2.75, 3.05) is 0 Å². The molecule has 0 saturated carbocycles. The van der Waals surface area contributed by atoms with E-state index in [4.69, 9.17) is 17.4 Å². The quantitative estimate of drug-likeness (QED) is 0.657. The second-order valence-electron chi connectivity index (χ2n) is 5.03. The minimum Gasteiger partial charge on any atom is -0.271 e. The zero-order valence-corrected chi connectivity index (χ0v) is 12.6. The van der Waals surface area contributed by atoms with Gasteiger partial charge < -0.3 is 0 Å². The fourth-order valence-electron chi connectivity index (χ4n) is 2.36. The van der Waals surface area contributed by atoms with Crippen LogP contribution in [-0.2, 0) is 19.9 Å². The molecule has 0 aliphatic heterocycles. The fraction of sp³-hybridized carbons (Fsp3) is 0.357. The van der Waals surface area contributed by atoms with Crippen LogP contribution < -0.4 is 11.3 Å². The standard InChI is InChI=1S/C14H17ClF2N4/c1-8-13(14(15)21(2)20-8)7-12(19-18)5-9-3-10(16)6-11(17)4-9/h3-4,6,12,19H,5,7,18H2,1-2H3. The Labute approximate surface area is 126 Å². The molecule has 0 bridgehead atoms. The molecule has 1 aromatic carbocycles. The third kappa shape index (κ3) is 3.78. The van der Waals surface area contributed by atoms with Crippen LogP contribution in [0.2, 0.25) is 5.15 Å². The van der Waals surface area contributed by atoms with Crippen molar-refractivity contribution in [1.29, 1.82) is 0 Å². The number of aromatic nitrogens is 2. The van der Waals surface area contributed by atoms with E-state index in [-0.39, 0.29) is 6.04 Å². The second-order valence-corrected chi connectivity index (χ2v) is 5.39. The third-order valence-electron chi connectivity index (χ3n) is 3.36. The average molecular weight is 315 g/mol. The molecule has 2 rings (SSSR count).